The molecule has 0 saturated heterocycles. The monoisotopic (exact) mass is 233 g/mol. The minimum Gasteiger partial charge on any atom is -0.478 e. The second-order valence-corrected chi connectivity index (χ2v) is 4.08. The van der Waals surface area contributed by atoms with Gasteiger partial charge >= 0.3 is 5.97 Å². The van der Waals surface area contributed by atoms with Gasteiger partial charge in [0.15, 0.2) is 0 Å². The Morgan fingerprint density at radius 1 is 1.47 bits per heavy atom. The lowest BCUT2D eigenvalue weighted by molar-refractivity contribution is 0.0698. The maximum Gasteiger partial charge on any atom is 0.337 e. The Labute approximate surface area is 99.4 Å². The summed E-state index contributed by atoms with van der Waals surface area (Å²) in [5.41, 5.74) is 1.08. The van der Waals surface area contributed by atoms with Crippen molar-refractivity contribution in [2.75, 3.05) is 13.7 Å². The average molecular weight is 233 g/mol. The number of nitrogens with zero attached hydrogens (tertiary/aromatic N) is 1. The van der Waals surface area contributed by atoms with Gasteiger partial charge in [-0.2, -0.15) is 0 Å². The molecule has 0 fully saturated rings. The molecule has 4 nitrogen and oxygen atoms in total. The number of methoxy groups -OCH3 is 1. The van der Waals surface area contributed by atoms with Crippen LogP contribution in [0.3, 0.4) is 0 Å². The van der Waals surface area contributed by atoms with Crippen LogP contribution in [0.4, 0.5) is 0 Å². The van der Waals surface area contributed by atoms with Crippen molar-refractivity contribution >= 4 is 16.9 Å². The minimum absolute atomic E-state index is 0.109. The molecule has 0 saturated carbocycles. The summed E-state index contributed by atoms with van der Waals surface area (Å²) in [5, 5.41) is 10.1. The zero-order chi connectivity index (χ0) is 12.4. The molecule has 90 valence electrons. The van der Waals surface area contributed by atoms with E-state index in [9.17, 15) is 9.90 Å². The van der Waals surface area contributed by atoms with Gasteiger partial charge < -0.3 is 14.4 Å². The molecule has 1 unspecified atom stereocenters. The molecule has 1 N–H and O–H groups in total. The summed E-state index contributed by atoms with van der Waals surface area (Å²) in [5.74, 6) is -0.903. The number of rotatable bonds is 4. The quantitative estimate of drug-likeness (QED) is 0.882. The summed E-state index contributed by atoms with van der Waals surface area (Å²) < 4.78 is 7.06. The molecule has 0 bridgehead atoms. The van der Waals surface area contributed by atoms with Crippen molar-refractivity contribution in [3.63, 3.8) is 0 Å². The number of para-hydroxylation sites is 1. The second-order valence-electron chi connectivity index (χ2n) is 4.08. The van der Waals surface area contributed by atoms with Crippen LogP contribution in [0.25, 0.3) is 10.9 Å². The van der Waals surface area contributed by atoms with E-state index in [1.54, 1.807) is 19.2 Å². The molecule has 0 aliphatic heterocycles. The van der Waals surface area contributed by atoms with Crippen molar-refractivity contribution in [1.82, 2.24) is 4.57 Å². The van der Waals surface area contributed by atoms with Gasteiger partial charge in [-0.05, 0) is 19.1 Å². The first kappa shape index (κ1) is 11.7. The van der Waals surface area contributed by atoms with E-state index < -0.39 is 5.97 Å². The summed E-state index contributed by atoms with van der Waals surface area (Å²) in [7, 11) is 1.64. The zero-order valence-corrected chi connectivity index (χ0v) is 9.88. The predicted octanol–water partition coefficient (Wildman–Crippen LogP) is 2.55. The maximum absolute atomic E-state index is 11.2. The number of carbonyl (C=O) groups is 1. The molecule has 0 amide bonds. The van der Waals surface area contributed by atoms with Crippen LogP contribution in [0.2, 0.25) is 0 Å². The van der Waals surface area contributed by atoms with Crippen molar-refractivity contribution in [2.24, 2.45) is 0 Å². The van der Waals surface area contributed by atoms with E-state index in [1.807, 2.05) is 29.8 Å². The number of ether oxygens (including phenoxy) is 1. The van der Waals surface area contributed by atoms with Gasteiger partial charge in [-0.3, -0.25) is 0 Å². The van der Waals surface area contributed by atoms with Crippen LogP contribution in [0.15, 0.2) is 30.5 Å². The van der Waals surface area contributed by atoms with E-state index in [0.717, 1.165) is 10.9 Å². The number of benzene rings is 1. The largest absolute Gasteiger partial charge is 0.478 e. The van der Waals surface area contributed by atoms with Crippen LogP contribution in [0.5, 0.6) is 0 Å². The highest BCUT2D eigenvalue weighted by atomic mass is 16.5. The number of carboxylic acid groups (broad SMARTS) is 1. The van der Waals surface area contributed by atoms with E-state index in [1.165, 1.54) is 0 Å². The molecule has 1 heterocycles. The van der Waals surface area contributed by atoms with Gasteiger partial charge in [0.25, 0.3) is 0 Å². The smallest absolute Gasteiger partial charge is 0.337 e. The molecule has 1 aromatic heterocycles. The standard InChI is InChI=1S/C13H15NO3/c1-9(8-17-2)14-7-6-10-4-3-5-11(12(10)14)13(15)16/h3-7,9H,8H2,1-2H3,(H,15,16). The zero-order valence-electron chi connectivity index (χ0n) is 9.88. The average Bonchev–Trinajstić information content (AvgIpc) is 2.72. The fourth-order valence-corrected chi connectivity index (χ4v) is 2.08. The Bertz CT molecular complexity index is 545. The van der Waals surface area contributed by atoms with Gasteiger partial charge in [0.1, 0.15) is 0 Å². The molecule has 0 spiro atoms. The SMILES string of the molecule is COCC(C)n1ccc2cccc(C(=O)O)c21. The van der Waals surface area contributed by atoms with E-state index in [4.69, 9.17) is 4.74 Å². The van der Waals surface area contributed by atoms with Crippen LogP contribution in [-0.4, -0.2) is 29.4 Å². The molecule has 4 heteroatoms. The van der Waals surface area contributed by atoms with Gasteiger partial charge in [-0.25, -0.2) is 4.79 Å². The number of carboxylic acids is 1. The molecule has 0 aliphatic carbocycles. The van der Waals surface area contributed by atoms with Crippen LogP contribution in [-0.2, 0) is 4.74 Å². The van der Waals surface area contributed by atoms with E-state index in [2.05, 4.69) is 0 Å². The highest BCUT2D eigenvalue weighted by Crippen LogP contribution is 2.24. The minimum atomic E-state index is -0.903. The van der Waals surface area contributed by atoms with Gasteiger partial charge in [0.05, 0.1) is 23.7 Å². The van der Waals surface area contributed by atoms with E-state index >= 15 is 0 Å². The molecular weight excluding hydrogens is 218 g/mol. The Morgan fingerprint density at radius 3 is 2.88 bits per heavy atom. The molecule has 0 aliphatic rings. The Kier molecular flexibility index (Phi) is 3.15. The number of aromatic carboxylic acids is 1. The van der Waals surface area contributed by atoms with Gasteiger partial charge in [0, 0.05) is 18.7 Å². The molecule has 17 heavy (non-hydrogen) atoms. The first-order valence-electron chi connectivity index (χ1n) is 5.47. The molecule has 1 atom stereocenters. The summed E-state index contributed by atoms with van der Waals surface area (Å²) in [6.07, 6.45) is 1.90. The second kappa shape index (κ2) is 4.59. The molecule has 2 rings (SSSR count). The highest BCUT2D eigenvalue weighted by molar-refractivity contribution is 6.02. The third-order valence-electron chi connectivity index (χ3n) is 2.85. The molecular formula is C13H15NO3. The van der Waals surface area contributed by atoms with Crippen molar-refractivity contribution in [3.8, 4) is 0 Å². The molecule has 0 radical (unpaired) electrons. The summed E-state index contributed by atoms with van der Waals surface area (Å²) >= 11 is 0. The molecule has 1 aromatic carbocycles. The Morgan fingerprint density at radius 2 is 2.24 bits per heavy atom. The van der Waals surface area contributed by atoms with Crippen LogP contribution in [0, 0.1) is 0 Å². The van der Waals surface area contributed by atoms with Crippen LogP contribution in [0.1, 0.15) is 23.3 Å². The normalized spacial score (nSPS) is 12.8. The number of aromatic nitrogens is 1. The van der Waals surface area contributed by atoms with E-state index in [0.29, 0.717) is 12.2 Å². The van der Waals surface area contributed by atoms with Crippen LogP contribution >= 0.6 is 0 Å². The van der Waals surface area contributed by atoms with Crippen molar-refractivity contribution < 1.29 is 14.6 Å². The number of hydrogen-bond donors (Lipinski definition) is 1. The topological polar surface area (TPSA) is 51.5 Å². The maximum atomic E-state index is 11.2. The summed E-state index contributed by atoms with van der Waals surface area (Å²) in [6, 6.07) is 7.33. The summed E-state index contributed by atoms with van der Waals surface area (Å²) in [4.78, 5) is 11.2. The lowest BCUT2D eigenvalue weighted by Crippen LogP contribution is -2.11. The van der Waals surface area contributed by atoms with Crippen molar-refractivity contribution in [3.05, 3.63) is 36.0 Å². The lowest BCUT2D eigenvalue weighted by atomic mass is 10.1. The number of fused-ring (bicyclic) bond motifs is 1. The van der Waals surface area contributed by atoms with Gasteiger partial charge in [-0.1, -0.05) is 12.1 Å². The summed E-state index contributed by atoms with van der Waals surface area (Å²) in [6.45, 7) is 2.55. The van der Waals surface area contributed by atoms with Gasteiger partial charge in [-0.15, -0.1) is 0 Å². The first-order valence-corrected chi connectivity index (χ1v) is 5.47. The fraction of sp³-hybridized carbons (Fsp3) is 0.308. The number of hydrogen-bond acceptors (Lipinski definition) is 2. The Balaban J connectivity index is 2.61. The van der Waals surface area contributed by atoms with Crippen LogP contribution < -0.4 is 0 Å². The van der Waals surface area contributed by atoms with Crippen molar-refractivity contribution in [2.45, 2.75) is 13.0 Å². The fourth-order valence-electron chi connectivity index (χ4n) is 2.08. The third-order valence-corrected chi connectivity index (χ3v) is 2.85. The van der Waals surface area contributed by atoms with E-state index in [-0.39, 0.29) is 6.04 Å². The highest BCUT2D eigenvalue weighted by Gasteiger charge is 2.14. The van der Waals surface area contributed by atoms with Crippen molar-refractivity contribution in [1.29, 1.82) is 0 Å². The third kappa shape index (κ3) is 2.03. The lowest BCUT2D eigenvalue weighted by Gasteiger charge is -2.15. The molecule has 2 aromatic rings. The van der Waals surface area contributed by atoms with Gasteiger partial charge in [0.2, 0.25) is 0 Å². The predicted molar refractivity (Wildman–Crippen MR) is 65.5 cm³/mol. The Hall–Kier alpha value is -1.81. The first-order chi connectivity index (χ1) is 8.15.